The fourth-order valence-corrected chi connectivity index (χ4v) is 1.01. The Balaban J connectivity index is 4.17. The van der Waals surface area contributed by atoms with Gasteiger partial charge >= 0.3 is 0 Å². The molecule has 0 heterocycles. The molecule has 0 radical (unpaired) electrons. The van der Waals surface area contributed by atoms with Gasteiger partial charge in [0.2, 0.25) is 11.8 Å². The summed E-state index contributed by atoms with van der Waals surface area (Å²) in [5.41, 5.74) is 5.20. The van der Waals surface area contributed by atoms with E-state index in [1.807, 2.05) is 13.8 Å². The van der Waals surface area contributed by atoms with Crippen LogP contribution in [-0.2, 0) is 9.59 Å². The topological polar surface area (TPSA) is 75.4 Å². The van der Waals surface area contributed by atoms with E-state index in [1.54, 1.807) is 14.1 Å². The third kappa shape index (κ3) is 6.06. The van der Waals surface area contributed by atoms with Crippen LogP contribution in [0.4, 0.5) is 0 Å². The van der Waals surface area contributed by atoms with E-state index in [9.17, 15) is 9.59 Å². The molecule has 0 fully saturated rings. The number of nitrogens with zero attached hydrogens (tertiary/aromatic N) is 1. The standard InChI is InChI=1S/C10H21N3O2/c1-7(2)6-12-8(10(11)15)5-9(14)13(3)4/h7-8,12H,5-6H2,1-4H3,(H2,11,15). The predicted octanol–water partition coefficient (Wildman–Crippen LogP) is -0.436. The number of nitrogens with one attached hydrogen (secondary N) is 1. The van der Waals surface area contributed by atoms with E-state index in [2.05, 4.69) is 5.32 Å². The van der Waals surface area contributed by atoms with Crippen LogP contribution in [0.1, 0.15) is 20.3 Å². The summed E-state index contributed by atoms with van der Waals surface area (Å²) in [6, 6.07) is -0.567. The second kappa shape index (κ2) is 6.40. The number of rotatable bonds is 6. The Morgan fingerprint density at radius 3 is 2.20 bits per heavy atom. The minimum Gasteiger partial charge on any atom is -0.368 e. The number of carbonyl (C=O) groups is 2. The maximum Gasteiger partial charge on any atom is 0.235 e. The van der Waals surface area contributed by atoms with Gasteiger partial charge in [-0.2, -0.15) is 0 Å². The van der Waals surface area contributed by atoms with Crippen LogP contribution in [0.2, 0.25) is 0 Å². The Morgan fingerprint density at radius 1 is 1.33 bits per heavy atom. The van der Waals surface area contributed by atoms with Gasteiger partial charge in [-0.15, -0.1) is 0 Å². The lowest BCUT2D eigenvalue weighted by molar-refractivity contribution is -0.132. The molecular formula is C10H21N3O2. The molecule has 0 aromatic carbocycles. The third-order valence-corrected chi connectivity index (χ3v) is 1.99. The average molecular weight is 215 g/mol. The molecule has 5 heteroatoms. The Hall–Kier alpha value is -1.10. The Bertz CT molecular complexity index is 227. The van der Waals surface area contributed by atoms with E-state index >= 15 is 0 Å². The first-order chi connectivity index (χ1) is 6.84. The van der Waals surface area contributed by atoms with E-state index in [-0.39, 0.29) is 12.3 Å². The molecule has 88 valence electrons. The van der Waals surface area contributed by atoms with E-state index in [0.717, 1.165) is 0 Å². The molecule has 0 bridgehead atoms. The van der Waals surface area contributed by atoms with Gasteiger partial charge in [0.15, 0.2) is 0 Å². The summed E-state index contributed by atoms with van der Waals surface area (Å²) in [7, 11) is 3.31. The zero-order valence-electron chi connectivity index (χ0n) is 9.91. The summed E-state index contributed by atoms with van der Waals surface area (Å²) in [5, 5.41) is 2.98. The molecule has 3 N–H and O–H groups in total. The molecule has 0 aliphatic rings. The van der Waals surface area contributed by atoms with Crippen LogP contribution in [0.25, 0.3) is 0 Å². The lowest BCUT2D eigenvalue weighted by Gasteiger charge is -2.18. The van der Waals surface area contributed by atoms with Crippen molar-refractivity contribution in [3.63, 3.8) is 0 Å². The smallest absolute Gasteiger partial charge is 0.235 e. The molecule has 0 aromatic rings. The lowest BCUT2D eigenvalue weighted by Crippen LogP contribution is -2.45. The van der Waals surface area contributed by atoms with Crippen LogP contribution in [0.3, 0.4) is 0 Å². The molecule has 0 aromatic heterocycles. The summed E-state index contributed by atoms with van der Waals surface area (Å²) < 4.78 is 0. The fraction of sp³-hybridized carbons (Fsp3) is 0.800. The molecule has 1 atom stereocenters. The van der Waals surface area contributed by atoms with Crippen molar-refractivity contribution in [3.8, 4) is 0 Å². The highest BCUT2D eigenvalue weighted by atomic mass is 16.2. The SMILES string of the molecule is CC(C)CNC(CC(=O)N(C)C)C(N)=O. The van der Waals surface area contributed by atoms with Crippen molar-refractivity contribution in [2.24, 2.45) is 11.7 Å². The third-order valence-electron chi connectivity index (χ3n) is 1.99. The molecule has 0 rings (SSSR count). The average Bonchev–Trinajstić information content (AvgIpc) is 2.10. The van der Waals surface area contributed by atoms with Crippen LogP contribution in [-0.4, -0.2) is 43.4 Å². The van der Waals surface area contributed by atoms with Crippen LogP contribution in [0.15, 0.2) is 0 Å². The number of primary amides is 1. The summed E-state index contributed by atoms with van der Waals surface area (Å²) >= 11 is 0. The highest BCUT2D eigenvalue weighted by Gasteiger charge is 2.19. The van der Waals surface area contributed by atoms with Crippen molar-refractivity contribution in [2.45, 2.75) is 26.3 Å². The number of carbonyl (C=O) groups excluding carboxylic acids is 2. The summed E-state index contributed by atoms with van der Waals surface area (Å²) in [4.78, 5) is 23.9. The zero-order chi connectivity index (χ0) is 12.0. The van der Waals surface area contributed by atoms with Gasteiger partial charge < -0.3 is 16.0 Å². The van der Waals surface area contributed by atoms with E-state index in [0.29, 0.717) is 12.5 Å². The van der Waals surface area contributed by atoms with E-state index in [4.69, 9.17) is 5.73 Å². The first kappa shape index (κ1) is 13.9. The number of amides is 2. The van der Waals surface area contributed by atoms with Gasteiger partial charge in [-0.25, -0.2) is 0 Å². The van der Waals surface area contributed by atoms with Crippen LogP contribution in [0.5, 0.6) is 0 Å². The molecule has 0 saturated heterocycles. The maximum absolute atomic E-state index is 11.4. The number of hydrogen-bond donors (Lipinski definition) is 2. The van der Waals surface area contributed by atoms with Crippen molar-refractivity contribution in [2.75, 3.05) is 20.6 Å². The van der Waals surface area contributed by atoms with E-state index < -0.39 is 11.9 Å². The Kier molecular flexibility index (Phi) is 5.93. The van der Waals surface area contributed by atoms with Gasteiger partial charge in [-0.1, -0.05) is 13.8 Å². The molecule has 0 spiro atoms. The molecular weight excluding hydrogens is 194 g/mol. The highest BCUT2D eigenvalue weighted by Crippen LogP contribution is 1.97. The quantitative estimate of drug-likeness (QED) is 0.631. The van der Waals surface area contributed by atoms with Gasteiger partial charge in [0, 0.05) is 14.1 Å². The molecule has 0 aliphatic heterocycles. The minimum absolute atomic E-state index is 0.102. The van der Waals surface area contributed by atoms with Crippen molar-refractivity contribution in [3.05, 3.63) is 0 Å². The second-order valence-corrected chi connectivity index (χ2v) is 4.25. The van der Waals surface area contributed by atoms with Gasteiger partial charge in [0.05, 0.1) is 12.5 Å². The summed E-state index contributed by atoms with van der Waals surface area (Å²) in [6.07, 6.45) is 0.120. The van der Waals surface area contributed by atoms with Gasteiger partial charge in [0.25, 0.3) is 0 Å². The molecule has 1 unspecified atom stereocenters. The first-order valence-electron chi connectivity index (χ1n) is 5.07. The number of nitrogens with two attached hydrogens (primary N) is 1. The Morgan fingerprint density at radius 2 is 1.87 bits per heavy atom. The molecule has 15 heavy (non-hydrogen) atoms. The molecule has 5 nitrogen and oxygen atoms in total. The summed E-state index contributed by atoms with van der Waals surface area (Å²) in [5.74, 6) is -0.165. The highest BCUT2D eigenvalue weighted by molar-refractivity contribution is 5.87. The predicted molar refractivity (Wildman–Crippen MR) is 59.1 cm³/mol. The van der Waals surface area contributed by atoms with E-state index in [1.165, 1.54) is 4.90 Å². The second-order valence-electron chi connectivity index (χ2n) is 4.25. The van der Waals surface area contributed by atoms with Crippen LogP contribution < -0.4 is 11.1 Å². The Labute approximate surface area is 91.0 Å². The minimum atomic E-state index is -0.567. The largest absolute Gasteiger partial charge is 0.368 e. The zero-order valence-corrected chi connectivity index (χ0v) is 9.91. The lowest BCUT2D eigenvalue weighted by atomic mass is 10.1. The normalized spacial score (nSPS) is 12.6. The monoisotopic (exact) mass is 215 g/mol. The number of hydrogen-bond acceptors (Lipinski definition) is 3. The van der Waals surface area contributed by atoms with Gasteiger partial charge in [-0.3, -0.25) is 9.59 Å². The van der Waals surface area contributed by atoms with Gasteiger partial charge in [0.1, 0.15) is 0 Å². The molecule has 0 saturated carbocycles. The van der Waals surface area contributed by atoms with Crippen LogP contribution >= 0.6 is 0 Å². The molecule has 0 aliphatic carbocycles. The molecule has 2 amide bonds. The van der Waals surface area contributed by atoms with Crippen molar-refractivity contribution in [1.29, 1.82) is 0 Å². The maximum atomic E-state index is 11.4. The fourth-order valence-electron chi connectivity index (χ4n) is 1.01. The van der Waals surface area contributed by atoms with Gasteiger partial charge in [-0.05, 0) is 12.5 Å². The first-order valence-corrected chi connectivity index (χ1v) is 5.07. The van der Waals surface area contributed by atoms with Crippen molar-refractivity contribution < 1.29 is 9.59 Å². The summed E-state index contributed by atoms with van der Waals surface area (Å²) in [6.45, 7) is 4.73. The van der Waals surface area contributed by atoms with Crippen LogP contribution in [0, 0.1) is 5.92 Å². The van der Waals surface area contributed by atoms with Crippen molar-refractivity contribution >= 4 is 11.8 Å². The van der Waals surface area contributed by atoms with Crippen molar-refractivity contribution in [1.82, 2.24) is 10.2 Å².